The van der Waals surface area contributed by atoms with Crippen molar-refractivity contribution in [1.82, 2.24) is 4.90 Å². The first-order chi connectivity index (χ1) is 16.5. The maximum atomic E-state index is 13.6. The number of carbonyl (C=O) groups excluding carboxylic acids is 2. The van der Waals surface area contributed by atoms with Gasteiger partial charge in [0.05, 0.1) is 36.4 Å². The number of anilines is 1. The SMILES string of the molecule is COc1ccc(CN2C(=O)/C(=C3\C(=O)N(Cc4ccccc4Cl)c4ccccc43)SC2=S)cc1. The van der Waals surface area contributed by atoms with Crippen LogP contribution in [0.25, 0.3) is 5.57 Å². The molecule has 0 radical (unpaired) electrons. The molecule has 0 aromatic heterocycles. The van der Waals surface area contributed by atoms with Crippen molar-refractivity contribution in [2.75, 3.05) is 12.0 Å². The number of thioether (sulfide) groups is 1. The molecule has 0 aliphatic carbocycles. The summed E-state index contributed by atoms with van der Waals surface area (Å²) in [5.41, 5.74) is 3.62. The smallest absolute Gasteiger partial charge is 0.267 e. The van der Waals surface area contributed by atoms with Gasteiger partial charge in [0, 0.05) is 10.6 Å². The fraction of sp³-hybridized carbons (Fsp3) is 0.115. The van der Waals surface area contributed by atoms with Gasteiger partial charge in [0.1, 0.15) is 10.1 Å². The molecule has 3 aromatic carbocycles. The van der Waals surface area contributed by atoms with Crippen LogP contribution in [0.4, 0.5) is 5.69 Å². The Morgan fingerprint density at radius 2 is 1.59 bits per heavy atom. The largest absolute Gasteiger partial charge is 0.497 e. The molecule has 0 bridgehead atoms. The molecule has 2 amide bonds. The highest BCUT2D eigenvalue weighted by molar-refractivity contribution is 8.26. The summed E-state index contributed by atoms with van der Waals surface area (Å²) in [5, 5.41) is 0.590. The number of fused-ring (bicyclic) bond motifs is 1. The van der Waals surface area contributed by atoms with E-state index in [4.69, 9.17) is 28.6 Å². The van der Waals surface area contributed by atoms with Crippen LogP contribution in [0.5, 0.6) is 5.75 Å². The molecule has 8 heteroatoms. The van der Waals surface area contributed by atoms with Crippen molar-refractivity contribution in [3.63, 3.8) is 0 Å². The molecule has 0 unspecified atom stereocenters. The highest BCUT2D eigenvalue weighted by Gasteiger charge is 2.42. The monoisotopic (exact) mass is 506 g/mol. The second-order valence-corrected chi connectivity index (χ2v) is 9.86. The maximum Gasteiger partial charge on any atom is 0.267 e. The van der Waals surface area contributed by atoms with Gasteiger partial charge in [-0.3, -0.25) is 14.5 Å². The zero-order valence-corrected chi connectivity index (χ0v) is 20.5. The number of para-hydroxylation sites is 1. The molecule has 1 fully saturated rings. The molecule has 3 aromatic rings. The van der Waals surface area contributed by atoms with Gasteiger partial charge >= 0.3 is 0 Å². The normalized spacial score (nSPS) is 17.5. The van der Waals surface area contributed by atoms with E-state index in [0.717, 1.165) is 28.1 Å². The van der Waals surface area contributed by atoms with Crippen LogP contribution in [-0.2, 0) is 22.7 Å². The second kappa shape index (κ2) is 9.25. The minimum atomic E-state index is -0.261. The van der Waals surface area contributed by atoms with Gasteiger partial charge in [-0.1, -0.05) is 84.1 Å². The van der Waals surface area contributed by atoms with E-state index in [1.54, 1.807) is 18.1 Å². The highest BCUT2D eigenvalue weighted by atomic mass is 35.5. The van der Waals surface area contributed by atoms with Crippen LogP contribution in [0, 0.1) is 0 Å². The van der Waals surface area contributed by atoms with E-state index in [2.05, 4.69) is 0 Å². The number of hydrogen-bond donors (Lipinski definition) is 0. The van der Waals surface area contributed by atoms with Gasteiger partial charge in [-0.25, -0.2) is 0 Å². The van der Waals surface area contributed by atoms with Gasteiger partial charge in [-0.15, -0.1) is 0 Å². The third-order valence-corrected chi connectivity index (χ3v) is 7.60. The van der Waals surface area contributed by atoms with Crippen LogP contribution in [0.3, 0.4) is 0 Å². The molecular formula is C26H19ClN2O3S2. The molecule has 2 aliphatic heterocycles. The van der Waals surface area contributed by atoms with Crippen molar-refractivity contribution < 1.29 is 14.3 Å². The van der Waals surface area contributed by atoms with Gasteiger partial charge in [0.25, 0.3) is 11.8 Å². The first-order valence-corrected chi connectivity index (χ1v) is 12.1. The Hall–Kier alpha value is -3.13. The molecule has 34 heavy (non-hydrogen) atoms. The highest BCUT2D eigenvalue weighted by Crippen LogP contribution is 2.45. The van der Waals surface area contributed by atoms with Gasteiger partial charge in [-0.2, -0.15) is 0 Å². The Balaban J connectivity index is 1.49. The van der Waals surface area contributed by atoms with Crippen molar-refractivity contribution in [2.24, 2.45) is 0 Å². The van der Waals surface area contributed by atoms with Gasteiger partial charge < -0.3 is 9.64 Å². The Morgan fingerprint density at radius 1 is 0.882 bits per heavy atom. The van der Waals surface area contributed by atoms with Crippen LogP contribution < -0.4 is 9.64 Å². The van der Waals surface area contributed by atoms with Crippen molar-refractivity contribution in [1.29, 1.82) is 0 Å². The number of hydrogen-bond acceptors (Lipinski definition) is 5. The lowest BCUT2D eigenvalue weighted by molar-refractivity contribution is -0.122. The zero-order chi connectivity index (χ0) is 23.8. The number of amides is 2. The number of ether oxygens (including phenoxy) is 1. The molecule has 0 N–H and O–H groups in total. The molecule has 0 atom stereocenters. The van der Waals surface area contributed by atoms with Crippen LogP contribution >= 0.6 is 35.6 Å². The van der Waals surface area contributed by atoms with E-state index in [0.29, 0.717) is 32.9 Å². The molecule has 0 spiro atoms. The Kier molecular flexibility index (Phi) is 6.16. The predicted molar refractivity (Wildman–Crippen MR) is 140 cm³/mol. The summed E-state index contributed by atoms with van der Waals surface area (Å²) in [4.78, 5) is 30.7. The fourth-order valence-electron chi connectivity index (χ4n) is 4.05. The first-order valence-electron chi connectivity index (χ1n) is 10.5. The Morgan fingerprint density at radius 3 is 2.32 bits per heavy atom. The van der Waals surface area contributed by atoms with Crippen molar-refractivity contribution in [3.05, 3.63) is 99.4 Å². The minimum Gasteiger partial charge on any atom is -0.497 e. The number of thiocarbonyl (C=S) groups is 1. The maximum absolute atomic E-state index is 13.6. The van der Waals surface area contributed by atoms with Crippen molar-refractivity contribution in [2.45, 2.75) is 13.1 Å². The third kappa shape index (κ3) is 4.00. The molecule has 170 valence electrons. The summed E-state index contributed by atoms with van der Waals surface area (Å²) < 4.78 is 5.63. The fourth-order valence-corrected chi connectivity index (χ4v) is 5.57. The first kappa shape index (κ1) is 22.7. The van der Waals surface area contributed by atoms with Gasteiger partial charge in [0.2, 0.25) is 0 Å². The zero-order valence-electron chi connectivity index (χ0n) is 18.2. The number of nitrogens with zero attached hydrogens (tertiary/aromatic N) is 2. The van der Waals surface area contributed by atoms with E-state index in [1.807, 2.05) is 66.7 Å². The molecule has 1 saturated heterocycles. The Bertz CT molecular complexity index is 1350. The summed E-state index contributed by atoms with van der Waals surface area (Å²) in [6.07, 6.45) is 0. The standard InChI is InChI=1S/C26H19ClN2O3S2/c1-32-18-12-10-16(11-13-18)14-29-25(31)23(34-26(29)33)22-19-7-3-5-9-21(19)28(24(22)30)15-17-6-2-4-8-20(17)27/h2-13H,14-15H2,1H3/b23-22+. The van der Waals surface area contributed by atoms with E-state index in [-0.39, 0.29) is 11.8 Å². The van der Waals surface area contributed by atoms with Crippen LogP contribution in [0.1, 0.15) is 16.7 Å². The molecular weight excluding hydrogens is 488 g/mol. The van der Waals surface area contributed by atoms with Crippen molar-refractivity contribution >= 4 is 63.0 Å². The summed E-state index contributed by atoms with van der Waals surface area (Å²) >= 11 is 13.1. The van der Waals surface area contributed by atoms with E-state index < -0.39 is 0 Å². The summed E-state index contributed by atoms with van der Waals surface area (Å²) in [7, 11) is 1.61. The average Bonchev–Trinajstić information content (AvgIpc) is 3.28. The van der Waals surface area contributed by atoms with Crippen LogP contribution in [-0.4, -0.2) is 28.1 Å². The number of halogens is 1. The second-order valence-electron chi connectivity index (χ2n) is 7.81. The Labute approximate surface area is 212 Å². The van der Waals surface area contributed by atoms with Crippen molar-refractivity contribution in [3.8, 4) is 5.75 Å². The predicted octanol–water partition coefficient (Wildman–Crippen LogP) is 5.67. The molecule has 5 nitrogen and oxygen atoms in total. The molecule has 2 heterocycles. The summed E-state index contributed by atoms with van der Waals surface area (Å²) in [6, 6.07) is 22.4. The van der Waals surface area contributed by atoms with Gasteiger partial charge in [0.15, 0.2) is 0 Å². The molecule has 0 saturated carbocycles. The summed E-state index contributed by atoms with van der Waals surface area (Å²) in [5.74, 6) is 0.248. The lowest BCUT2D eigenvalue weighted by atomic mass is 10.1. The van der Waals surface area contributed by atoms with Crippen LogP contribution in [0.15, 0.2) is 77.7 Å². The topological polar surface area (TPSA) is 49.9 Å². The average molecular weight is 507 g/mol. The van der Waals surface area contributed by atoms with Crippen LogP contribution in [0.2, 0.25) is 5.02 Å². The summed E-state index contributed by atoms with van der Waals surface area (Å²) in [6.45, 7) is 0.635. The number of methoxy groups -OCH3 is 1. The molecule has 2 aliphatic rings. The third-order valence-electron chi connectivity index (χ3n) is 5.79. The van der Waals surface area contributed by atoms with E-state index in [9.17, 15) is 9.59 Å². The number of benzene rings is 3. The number of rotatable bonds is 5. The van der Waals surface area contributed by atoms with Gasteiger partial charge in [-0.05, 0) is 35.4 Å². The number of carbonyl (C=O) groups is 2. The molecule has 5 rings (SSSR count). The van der Waals surface area contributed by atoms with E-state index in [1.165, 1.54) is 16.7 Å². The quantitative estimate of drug-likeness (QED) is 0.330. The lowest BCUT2D eigenvalue weighted by Crippen LogP contribution is -2.29. The van der Waals surface area contributed by atoms with E-state index >= 15 is 0 Å². The lowest BCUT2D eigenvalue weighted by Gasteiger charge is -2.18. The minimum absolute atomic E-state index is 0.230.